The number of hydrogen-bond acceptors (Lipinski definition) is 3. The molecule has 1 aromatic heterocycles. The number of methoxy groups -OCH3 is 1. The van der Waals surface area contributed by atoms with E-state index in [0.29, 0.717) is 5.82 Å². The molecule has 1 amide bonds. The van der Waals surface area contributed by atoms with Gasteiger partial charge in [-0.3, -0.25) is 9.89 Å². The van der Waals surface area contributed by atoms with Crippen molar-refractivity contribution in [3.63, 3.8) is 0 Å². The standard InChI is InChI=1S/C13H15N3O2/c1-18-9-5-6-10-11(7-9)15-16-12(10)14-13(17)8-3-2-4-8/h5-8H,2-4H2,1H3,(H2,14,15,16,17). The first-order chi connectivity index (χ1) is 8.78. The third-order valence-electron chi connectivity index (χ3n) is 3.49. The smallest absolute Gasteiger partial charge is 0.228 e. The fourth-order valence-electron chi connectivity index (χ4n) is 2.11. The molecule has 5 nitrogen and oxygen atoms in total. The van der Waals surface area contributed by atoms with Gasteiger partial charge in [-0.25, -0.2) is 0 Å². The Morgan fingerprint density at radius 1 is 1.50 bits per heavy atom. The second-order valence-corrected chi connectivity index (χ2v) is 4.60. The van der Waals surface area contributed by atoms with Gasteiger partial charge in [0.05, 0.1) is 12.6 Å². The van der Waals surface area contributed by atoms with Crippen molar-refractivity contribution in [2.75, 3.05) is 12.4 Å². The molecule has 1 aromatic carbocycles. The van der Waals surface area contributed by atoms with Gasteiger partial charge in [-0.05, 0) is 25.0 Å². The zero-order valence-electron chi connectivity index (χ0n) is 10.2. The number of amides is 1. The molecule has 1 saturated carbocycles. The molecule has 18 heavy (non-hydrogen) atoms. The van der Waals surface area contributed by atoms with Gasteiger partial charge >= 0.3 is 0 Å². The number of benzene rings is 1. The van der Waals surface area contributed by atoms with Gasteiger partial charge in [0.2, 0.25) is 5.91 Å². The summed E-state index contributed by atoms with van der Waals surface area (Å²) in [7, 11) is 1.62. The largest absolute Gasteiger partial charge is 0.497 e. The Bertz CT molecular complexity index is 587. The molecule has 2 N–H and O–H groups in total. The first-order valence-electron chi connectivity index (χ1n) is 6.11. The summed E-state index contributed by atoms with van der Waals surface area (Å²) in [6, 6.07) is 5.62. The molecule has 1 aliphatic carbocycles. The number of ether oxygens (including phenoxy) is 1. The summed E-state index contributed by atoms with van der Waals surface area (Å²) in [5, 5.41) is 10.8. The number of aromatic nitrogens is 2. The van der Waals surface area contributed by atoms with Crippen LogP contribution < -0.4 is 10.1 Å². The molecule has 1 aliphatic rings. The van der Waals surface area contributed by atoms with Crippen molar-refractivity contribution in [2.45, 2.75) is 19.3 Å². The second kappa shape index (κ2) is 4.33. The zero-order chi connectivity index (χ0) is 12.5. The molecule has 0 atom stereocenters. The maximum Gasteiger partial charge on any atom is 0.228 e. The highest BCUT2D eigenvalue weighted by molar-refractivity contribution is 6.00. The minimum atomic E-state index is 0.0745. The number of fused-ring (bicyclic) bond motifs is 1. The van der Waals surface area contributed by atoms with Gasteiger partial charge in [-0.1, -0.05) is 6.42 Å². The predicted octanol–water partition coefficient (Wildman–Crippen LogP) is 2.31. The third-order valence-corrected chi connectivity index (χ3v) is 3.49. The van der Waals surface area contributed by atoms with Crippen LogP contribution in [-0.4, -0.2) is 23.2 Å². The van der Waals surface area contributed by atoms with Crippen molar-refractivity contribution in [1.82, 2.24) is 10.2 Å². The number of nitrogens with zero attached hydrogens (tertiary/aromatic N) is 1. The summed E-state index contributed by atoms with van der Waals surface area (Å²) in [6.45, 7) is 0. The third kappa shape index (κ3) is 1.81. The highest BCUT2D eigenvalue weighted by Crippen LogP contribution is 2.29. The lowest BCUT2D eigenvalue weighted by Gasteiger charge is -2.23. The molecule has 1 heterocycles. The van der Waals surface area contributed by atoms with Crippen LogP contribution in [0.15, 0.2) is 18.2 Å². The van der Waals surface area contributed by atoms with Crippen LogP contribution in [0, 0.1) is 5.92 Å². The number of carbonyl (C=O) groups excluding carboxylic acids is 1. The van der Waals surface area contributed by atoms with Crippen LogP contribution in [-0.2, 0) is 4.79 Å². The average molecular weight is 245 g/mol. The number of aromatic amines is 1. The molecular weight excluding hydrogens is 230 g/mol. The summed E-state index contributed by atoms with van der Waals surface area (Å²) in [5.41, 5.74) is 0.859. The van der Waals surface area contributed by atoms with E-state index in [1.807, 2.05) is 18.2 Å². The van der Waals surface area contributed by atoms with Crippen LogP contribution in [0.1, 0.15) is 19.3 Å². The lowest BCUT2D eigenvalue weighted by atomic mass is 9.85. The molecular formula is C13H15N3O2. The second-order valence-electron chi connectivity index (χ2n) is 4.60. The maximum atomic E-state index is 11.9. The number of rotatable bonds is 3. The van der Waals surface area contributed by atoms with Crippen molar-refractivity contribution >= 4 is 22.6 Å². The molecule has 0 bridgehead atoms. The molecule has 0 saturated heterocycles. The van der Waals surface area contributed by atoms with E-state index in [9.17, 15) is 4.79 Å². The molecule has 1 fully saturated rings. The highest BCUT2D eigenvalue weighted by Gasteiger charge is 2.26. The van der Waals surface area contributed by atoms with E-state index in [1.165, 1.54) is 0 Å². The van der Waals surface area contributed by atoms with E-state index in [1.54, 1.807) is 7.11 Å². The molecule has 3 rings (SSSR count). The number of H-pyrrole nitrogens is 1. The molecule has 0 aliphatic heterocycles. The summed E-state index contributed by atoms with van der Waals surface area (Å²) in [6.07, 6.45) is 3.13. The normalized spacial score (nSPS) is 15.4. The zero-order valence-corrected chi connectivity index (χ0v) is 10.2. The Kier molecular flexibility index (Phi) is 2.66. The van der Waals surface area contributed by atoms with Gasteiger partial charge in [-0.15, -0.1) is 0 Å². The lowest BCUT2D eigenvalue weighted by Crippen LogP contribution is -2.28. The molecule has 0 radical (unpaired) electrons. The lowest BCUT2D eigenvalue weighted by molar-refractivity contribution is -0.122. The van der Waals surface area contributed by atoms with Crippen molar-refractivity contribution in [3.05, 3.63) is 18.2 Å². The minimum Gasteiger partial charge on any atom is -0.497 e. The van der Waals surface area contributed by atoms with Gasteiger partial charge in [-0.2, -0.15) is 5.10 Å². The van der Waals surface area contributed by atoms with Crippen LogP contribution in [0.3, 0.4) is 0 Å². The SMILES string of the molecule is COc1ccc2c(NC(=O)C3CCC3)n[nH]c2c1. The van der Waals surface area contributed by atoms with Crippen molar-refractivity contribution in [3.8, 4) is 5.75 Å². The summed E-state index contributed by atoms with van der Waals surface area (Å²) >= 11 is 0. The minimum absolute atomic E-state index is 0.0745. The van der Waals surface area contributed by atoms with Crippen molar-refractivity contribution in [2.24, 2.45) is 5.92 Å². The van der Waals surface area contributed by atoms with Crippen LogP contribution in [0.4, 0.5) is 5.82 Å². The fraction of sp³-hybridized carbons (Fsp3) is 0.385. The monoisotopic (exact) mass is 245 g/mol. The van der Waals surface area contributed by atoms with Crippen molar-refractivity contribution in [1.29, 1.82) is 0 Å². The first kappa shape index (κ1) is 11.1. The molecule has 94 valence electrons. The fourth-order valence-corrected chi connectivity index (χ4v) is 2.11. The molecule has 0 spiro atoms. The van der Waals surface area contributed by atoms with E-state index in [-0.39, 0.29) is 11.8 Å². The number of anilines is 1. The van der Waals surface area contributed by atoms with E-state index < -0.39 is 0 Å². The van der Waals surface area contributed by atoms with E-state index in [4.69, 9.17) is 4.74 Å². The molecule has 2 aromatic rings. The van der Waals surface area contributed by atoms with Crippen molar-refractivity contribution < 1.29 is 9.53 Å². The van der Waals surface area contributed by atoms with E-state index in [0.717, 1.165) is 35.9 Å². The number of nitrogens with one attached hydrogen (secondary N) is 2. The van der Waals surface area contributed by atoms with Crippen LogP contribution in [0.25, 0.3) is 10.9 Å². The molecule has 5 heteroatoms. The van der Waals surface area contributed by atoms with E-state index >= 15 is 0 Å². The van der Waals surface area contributed by atoms with Gasteiger partial charge in [0, 0.05) is 17.4 Å². The number of hydrogen-bond donors (Lipinski definition) is 2. The Hall–Kier alpha value is -2.04. The van der Waals surface area contributed by atoms with Gasteiger partial charge in [0.1, 0.15) is 5.75 Å². The van der Waals surface area contributed by atoms with Crippen LogP contribution in [0.5, 0.6) is 5.75 Å². The summed E-state index contributed by atoms with van der Waals surface area (Å²) in [4.78, 5) is 11.9. The summed E-state index contributed by atoms with van der Waals surface area (Å²) < 4.78 is 5.14. The Morgan fingerprint density at radius 3 is 3.00 bits per heavy atom. The van der Waals surface area contributed by atoms with Gasteiger partial charge in [0.25, 0.3) is 0 Å². The Morgan fingerprint density at radius 2 is 2.33 bits per heavy atom. The Balaban J connectivity index is 1.85. The van der Waals surface area contributed by atoms with Crippen LogP contribution >= 0.6 is 0 Å². The number of carbonyl (C=O) groups is 1. The van der Waals surface area contributed by atoms with Gasteiger partial charge in [0.15, 0.2) is 5.82 Å². The average Bonchev–Trinajstić information content (AvgIpc) is 2.69. The highest BCUT2D eigenvalue weighted by atomic mass is 16.5. The summed E-state index contributed by atoms with van der Waals surface area (Å²) in [5.74, 6) is 1.60. The topological polar surface area (TPSA) is 67.0 Å². The maximum absolute atomic E-state index is 11.9. The van der Waals surface area contributed by atoms with E-state index in [2.05, 4.69) is 15.5 Å². The molecule has 0 unspecified atom stereocenters. The van der Waals surface area contributed by atoms with Crippen LogP contribution in [0.2, 0.25) is 0 Å². The first-order valence-corrected chi connectivity index (χ1v) is 6.11. The van der Waals surface area contributed by atoms with Gasteiger partial charge < -0.3 is 10.1 Å². The quantitative estimate of drug-likeness (QED) is 0.872. The predicted molar refractivity (Wildman–Crippen MR) is 68.6 cm³/mol. The Labute approximate surface area is 105 Å².